The Hall–Kier alpha value is -1.91. The number of hydrogen-bond donors (Lipinski definition) is 1. The Morgan fingerprint density at radius 2 is 2.00 bits per heavy atom. The van der Waals surface area contributed by atoms with E-state index in [0.717, 1.165) is 11.8 Å². The zero-order valence-corrected chi connectivity index (χ0v) is 12.6. The summed E-state index contributed by atoms with van der Waals surface area (Å²) < 4.78 is 29.3. The summed E-state index contributed by atoms with van der Waals surface area (Å²) in [6, 6.07) is 8.78. The standard InChI is InChI=1S/C14H18N2O4S/c1-21(18,19)16-10-8-12-4-6-13(7-5-12)14(17)20-11-3-2-9-15/h4-7,16H,2-3,8,10-11H2,1H3. The molecule has 0 fully saturated rings. The van der Waals surface area contributed by atoms with Crippen LogP contribution in [0.4, 0.5) is 0 Å². The molecule has 6 nitrogen and oxygen atoms in total. The lowest BCUT2D eigenvalue weighted by molar-refractivity contribution is 0.0501. The number of unbranched alkanes of at least 4 members (excludes halogenated alkanes) is 1. The molecule has 114 valence electrons. The number of benzene rings is 1. The Balaban J connectivity index is 2.42. The van der Waals surface area contributed by atoms with Gasteiger partial charge in [-0.25, -0.2) is 17.9 Å². The summed E-state index contributed by atoms with van der Waals surface area (Å²) in [5, 5.41) is 8.37. The van der Waals surface area contributed by atoms with Gasteiger partial charge >= 0.3 is 5.97 Å². The summed E-state index contributed by atoms with van der Waals surface area (Å²) in [5.74, 6) is -0.422. The fourth-order valence-electron chi connectivity index (χ4n) is 1.59. The third-order valence-corrected chi connectivity index (χ3v) is 3.36. The molecular weight excluding hydrogens is 292 g/mol. The summed E-state index contributed by atoms with van der Waals surface area (Å²) in [6.07, 6.45) is 2.54. The highest BCUT2D eigenvalue weighted by atomic mass is 32.2. The highest BCUT2D eigenvalue weighted by Crippen LogP contribution is 2.07. The van der Waals surface area contributed by atoms with Crippen molar-refractivity contribution < 1.29 is 17.9 Å². The first-order valence-corrected chi connectivity index (χ1v) is 8.39. The van der Waals surface area contributed by atoms with Gasteiger partial charge < -0.3 is 4.74 Å². The molecule has 0 heterocycles. The molecule has 0 aliphatic carbocycles. The molecule has 0 aliphatic rings. The number of rotatable bonds is 8. The molecule has 0 aliphatic heterocycles. The van der Waals surface area contributed by atoms with Crippen molar-refractivity contribution in [3.05, 3.63) is 35.4 Å². The van der Waals surface area contributed by atoms with Crippen molar-refractivity contribution in [3.8, 4) is 6.07 Å². The molecule has 1 aromatic carbocycles. The molecule has 1 N–H and O–H groups in total. The van der Waals surface area contributed by atoms with Crippen LogP contribution in [0.3, 0.4) is 0 Å². The van der Waals surface area contributed by atoms with Crippen LogP contribution in [0.1, 0.15) is 28.8 Å². The Kier molecular flexibility index (Phi) is 6.85. The van der Waals surface area contributed by atoms with E-state index in [0.29, 0.717) is 31.4 Å². The Labute approximate surface area is 124 Å². The number of carbonyl (C=O) groups is 1. The molecule has 1 rings (SSSR count). The van der Waals surface area contributed by atoms with E-state index in [2.05, 4.69) is 4.72 Å². The second kappa shape index (κ2) is 8.39. The Morgan fingerprint density at radius 3 is 2.57 bits per heavy atom. The molecule has 0 radical (unpaired) electrons. The predicted octanol–water partition coefficient (Wildman–Crippen LogP) is 1.24. The number of nitrogens with zero attached hydrogens (tertiary/aromatic N) is 1. The normalized spacial score (nSPS) is 10.9. The van der Waals surface area contributed by atoms with Gasteiger partial charge in [0.1, 0.15) is 0 Å². The van der Waals surface area contributed by atoms with Gasteiger partial charge in [0.15, 0.2) is 0 Å². The van der Waals surface area contributed by atoms with Crippen molar-refractivity contribution in [3.63, 3.8) is 0 Å². The molecule has 0 aromatic heterocycles. The van der Waals surface area contributed by atoms with Crippen LogP contribution in [0.25, 0.3) is 0 Å². The zero-order chi connectivity index (χ0) is 15.7. The Morgan fingerprint density at radius 1 is 1.33 bits per heavy atom. The van der Waals surface area contributed by atoms with E-state index in [1.54, 1.807) is 24.3 Å². The van der Waals surface area contributed by atoms with Crippen molar-refractivity contribution in [2.75, 3.05) is 19.4 Å². The molecule has 0 saturated heterocycles. The van der Waals surface area contributed by atoms with Crippen LogP contribution < -0.4 is 4.72 Å². The van der Waals surface area contributed by atoms with Crippen LogP contribution in [-0.4, -0.2) is 33.8 Å². The van der Waals surface area contributed by atoms with Gasteiger partial charge in [0.2, 0.25) is 10.0 Å². The van der Waals surface area contributed by atoms with Gasteiger partial charge in [0.05, 0.1) is 24.5 Å². The number of sulfonamides is 1. The second-order valence-electron chi connectivity index (χ2n) is 4.51. The van der Waals surface area contributed by atoms with Gasteiger partial charge in [-0.05, 0) is 30.5 Å². The third kappa shape index (κ3) is 7.44. The second-order valence-corrected chi connectivity index (χ2v) is 6.34. The van der Waals surface area contributed by atoms with Gasteiger partial charge in [-0.1, -0.05) is 12.1 Å². The summed E-state index contributed by atoms with van der Waals surface area (Å²) in [7, 11) is -3.18. The number of esters is 1. The largest absolute Gasteiger partial charge is 0.462 e. The van der Waals surface area contributed by atoms with E-state index in [4.69, 9.17) is 10.00 Å². The quantitative estimate of drug-likeness (QED) is 0.575. The summed E-state index contributed by atoms with van der Waals surface area (Å²) in [6.45, 7) is 0.545. The summed E-state index contributed by atoms with van der Waals surface area (Å²) in [5.41, 5.74) is 1.36. The van der Waals surface area contributed by atoms with E-state index < -0.39 is 16.0 Å². The predicted molar refractivity (Wildman–Crippen MR) is 78.1 cm³/mol. The molecule has 0 amide bonds. The van der Waals surface area contributed by atoms with E-state index in [1.807, 2.05) is 6.07 Å². The molecule has 0 spiro atoms. The van der Waals surface area contributed by atoms with Crippen molar-refractivity contribution >= 4 is 16.0 Å². The lowest BCUT2D eigenvalue weighted by atomic mass is 10.1. The molecule has 21 heavy (non-hydrogen) atoms. The van der Waals surface area contributed by atoms with Gasteiger partial charge in [-0.15, -0.1) is 0 Å². The molecule has 0 atom stereocenters. The lowest BCUT2D eigenvalue weighted by Crippen LogP contribution is -2.24. The minimum Gasteiger partial charge on any atom is -0.462 e. The van der Waals surface area contributed by atoms with Crippen molar-refractivity contribution in [1.82, 2.24) is 4.72 Å². The molecule has 7 heteroatoms. The number of nitriles is 1. The van der Waals surface area contributed by atoms with E-state index in [-0.39, 0.29) is 6.61 Å². The lowest BCUT2D eigenvalue weighted by Gasteiger charge is -2.05. The topological polar surface area (TPSA) is 96.3 Å². The maximum absolute atomic E-state index is 11.7. The molecule has 0 saturated carbocycles. The third-order valence-electron chi connectivity index (χ3n) is 2.63. The summed E-state index contributed by atoms with van der Waals surface area (Å²) >= 11 is 0. The van der Waals surface area contributed by atoms with Crippen molar-refractivity contribution in [2.45, 2.75) is 19.3 Å². The molecule has 0 unspecified atom stereocenters. The van der Waals surface area contributed by atoms with Crippen LogP contribution in [0.15, 0.2) is 24.3 Å². The highest BCUT2D eigenvalue weighted by molar-refractivity contribution is 7.88. The average Bonchev–Trinajstić information content (AvgIpc) is 2.43. The van der Waals surface area contributed by atoms with Crippen LogP contribution in [-0.2, 0) is 21.2 Å². The highest BCUT2D eigenvalue weighted by Gasteiger charge is 2.07. The number of ether oxygens (including phenoxy) is 1. The van der Waals surface area contributed by atoms with Crippen LogP contribution in [0.5, 0.6) is 0 Å². The number of carbonyl (C=O) groups excluding carboxylic acids is 1. The van der Waals surface area contributed by atoms with Crippen molar-refractivity contribution in [1.29, 1.82) is 5.26 Å². The van der Waals surface area contributed by atoms with Crippen molar-refractivity contribution in [2.24, 2.45) is 0 Å². The average molecular weight is 310 g/mol. The first-order chi connectivity index (χ1) is 9.92. The van der Waals surface area contributed by atoms with Crippen LogP contribution in [0, 0.1) is 11.3 Å². The SMILES string of the molecule is CS(=O)(=O)NCCc1ccc(C(=O)OCCCC#N)cc1. The van der Waals surface area contributed by atoms with Gasteiger partial charge in [-0.2, -0.15) is 5.26 Å². The van der Waals surface area contributed by atoms with Gasteiger partial charge in [-0.3, -0.25) is 0 Å². The maximum Gasteiger partial charge on any atom is 0.338 e. The number of hydrogen-bond acceptors (Lipinski definition) is 5. The van der Waals surface area contributed by atoms with E-state index in [1.165, 1.54) is 0 Å². The van der Waals surface area contributed by atoms with Gasteiger partial charge in [0, 0.05) is 13.0 Å². The van der Waals surface area contributed by atoms with Gasteiger partial charge in [0.25, 0.3) is 0 Å². The van der Waals surface area contributed by atoms with Crippen LogP contribution >= 0.6 is 0 Å². The van der Waals surface area contributed by atoms with E-state index in [9.17, 15) is 13.2 Å². The fraction of sp³-hybridized carbons (Fsp3) is 0.429. The van der Waals surface area contributed by atoms with E-state index >= 15 is 0 Å². The zero-order valence-electron chi connectivity index (χ0n) is 11.8. The molecule has 0 bridgehead atoms. The monoisotopic (exact) mass is 310 g/mol. The summed E-state index contributed by atoms with van der Waals surface area (Å²) in [4.78, 5) is 11.7. The Bertz CT molecular complexity index is 603. The fourth-order valence-corrected chi connectivity index (χ4v) is 2.06. The minimum absolute atomic E-state index is 0.229. The first kappa shape index (κ1) is 17.1. The first-order valence-electron chi connectivity index (χ1n) is 6.50. The smallest absolute Gasteiger partial charge is 0.338 e. The van der Waals surface area contributed by atoms with Crippen LogP contribution in [0.2, 0.25) is 0 Å². The molecule has 1 aromatic rings. The number of nitrogens with one attached hydrogen (secondary N) is 1. The minimum atomic E-state index is -3.18. The molecular formula is C14H18N2O4S. The maximum atomic E-state index is 11.7.